The van der Waals surface area contributed by atoms with Crippen LogP contribution in [0.1, 0.15) is 239 Å². The molecule has 0 radical (unpaired) electrons. The number of allylic oxidation sites excluding steroid dienone is 23. The molecule has 0 saturated heterocycles. The summed E-state index contributed by atoms with van der Waals surface area (Å²) in [5.41, 5.74) is 0. The lowest BCUT2D eigenvalue weighted by atomic mass is 10.0. The Morgan fingerprint density at radius 2 is 0.652 bits per heavy atom. The molecule has 0 rings (SSSR count). The van der Waals surface area contributed by atoms with Crippen molar-refractivity contribution in [2.75, 3.05) is 6.61 Å². The van der Waals surface area contributed by atoms with E-state index in [-0.39, 0.29) is 12.5 Å². The molecule has 0 bridgehead atoms. The van der Waals surface area contributed by atoms with Crippen molar-refractivity contribution in [1.29, 1.82) is 0 Å². The van der Waals surface area contributed by atoms with Gasteiger partial charge in [-0.15, -0.1) is 0 Å². The van der Waals surface area contributed by atoms with Crippen molar-refractivity contribution in [3.8, 4) is 0 Å². The summed E-state index contributed by atoms with van der Waals surface area (Å²) in [7, 11) is 0. The SMILES string of the molecule is CC/C=C\C/C=C\C/C=C\C/C=C\C/C=C\C/C=C\C/C=C\C/C=C\C/C=C\CCCC(=O)NC(CO)C(O)/C=C/CC/C=C/CC/C=C/CCCCCCCCCCCCCCCCCCCC. The van der Waals surface area contributed by atoms with Gasteiger partial charge in [0.15, 0.2) is 0 Å². The topological polar surface area (TPSA) is 69.6 Å². The Morgan fingerprint density at radius 1 is 0.362 bits per heavy atom. The Labute approximate surface area is 427 Å². The number of carbonyl (C=O) groups excluding carboxylic acids is 1. The number of aliphatic hydroxyl groups excluding tert-OH is 2. The predicted octanol–water partition coefficient (Wildman–Crippen LogP) is 19.2. The third-order valence-corrected chi connectivity index (χ3v) is 12.0. The van der Waals surface area contributed by atoms with Gasteiger partial charge in [-0.1, -0.05) is 269 Å². The maximum Gasteiger partial charge on any atom is 0.220 e. The molecule has 0 spiro atoms. The Bertz CT molecular complexity index is 1450. The van der Waals surface area contributed by atoms with Gasteiger partial charge in [0.2, 0.25) is 5.91 Å². The smallest absolute Gasteiger partial charge is 0.220 e. The standard InChI is InChI=1S/C65H107NO3/c1-3-5-7-9-11-13-15-17-19-21-23-25-27-29-31-33-35-37-39-41-43-45-47-49-51-53-55-57-59-61-65(69)66-63(62-67)64(68)60-58-56-54-52-50-48-46-44-42-40-38-36-34-32-30-28-26-24-22-20-18-16-14-12-10-8-6-4-2/h5,7,11,13,17,19,23,25,29,31,35,37,41-44,47,49-50,52-53,55,58,60,63-64,67-68H,3-4,6,8-10,12,14-16,18,20-22,24,26-28,30,32-34,36,38-40,45-46,48,51,54,56-57,59,61-62H2,1-2H3,(H,66,69)/b7-5-,13-11-,19-17-,25-23-,31-29-,37-35-,43-41-,44-42+,49-47-,52-50+,55-53-,60-58+. The van der Waals surface area contributed by atoms with Gasteiger partial charge in [-0.3, -0.25) is 4.79 Å². The number of nitrogens with one attached hydrogen (secondary N) is 1. The normalized spacial score (nSPS) is 14.0. The zero-order valence-corrected chi connectivity index (χ0v) is 44.8. The van der Waals surface area contributed by atoms with E-state index < -0.39 is 12.1 Å². The summed E-state index contributed by atoms with van der Waals surface area (Å²) < 4.78 is 0. The first-order valence-electron chi connectivity index (χ1n) is 28.5. The van der Waals surface area contributed by atoms with Gasteiger partial charge >= 0.3 is 0 Å². The van der Waals surface area contributed by atoms with Crippen LogP contribution in [0.3, 0.4) is 0 Å². The predicted molar refractivity (Wildman–Crippen MR) is 308 cm³/mol. The molecule has 3 N–H and O–H groups in total. The third-order valence-electron chi connectivity index (χ3n) is 12.0. The van der Waals surface area contributed by atoms with Crippen LogP contribution < -0.4 is 5.32 Å². The molecule has 0 saturated carbocycles. The lowest BCUT2D eigenvalue weighted by Crippen LogP contribution is -2.45. The van der Waals surface area contributed by atoms with Crippen LogP contribution in [0.15, 0.2) is 146 Å². The fraction of sp³-hybridized carbons (Fsp3) is 0.615. The molecule has 0 aliphatic rings. The minimum absolute atomic E-state index is 0.141. The van der Waals surface area contributed by atoms with Gasteiger partial charge in [-0.05, 0) is 109 Å². The van der Waals surface area contributed by atoms with Crippen LogP contribution in [0.25, 0.3) is 0 Å². The largest absolute Gasteiger partial charge is 0.394 e. The monoisotopic (exact) mass is 950 g/mol. The van der Waals surface area contributed by atoms with E-state index in [0.717, 1.165) is 96.3 Å². The van der Waals surface area contributed by atoms with Crippen LogP contribution in [-0.4, -0.2) is 34.9 Å². The number of rotatable bonds is 50. The first kappa shape index (κ1) is 65.3. The fourth-order valence-electron chi connectivity index (χ4n) is 7.74. The van der Waals surface area contributed by atoms with E-state index in [1.54, 1.807) is 6.08 Å². The number of hydrogen-bond acceptors (Lipinski definition) is 3. The summed E-state index contributed by atoms with van der Waals surface area (Å²) >= 11 is 0. The van der Waals surface area contributed by atoms with Gasteiger partial charge in [0, 0.05) is 6.42 Å². The molecule has 0 aromatic rings. The highest BCUT2D eigenvalue weighted by Gasteiger charge is 2.17. The molecule has 4 heteroatoms. The highest BCUT2D eigenvalue weighted by molar-refractivity contribution is 5.76. The number of aliphatic hydroxyl groups is 2. The molecule has 2 unspecified atom stereocenters. The summed E-state index contributed by atoms with van der Waals surface area (Å²) in [5, 5.41) is 23.1. The zero-order valence-electron chi connectivity index (χ0n) is 44.8. The maximum absolute atomic E-state index is 12.4. The summed E-state index contributed by atoms with van der Waals surface area (Å²) in [4.78, 5) is 12.4. The minimum Gasteiger partial charge on any atom is -0.394 e. The van der Waals surface area contributed by atoms with E-state index in [2.05, 4.69) is 153 Å². The molecule has 2 atom stereocenters. The molecular formula is C65H107NO3. The molecule has 0 heterocycles. The van der Waals surface area contributed by atoms with Crippen molar-refractivity contribution < 1.29 is 15.0 Å². The number of hydrogen-bond donors (Lipinski definition) is 3. The van der Waals surface area contributed by atoms with E-state index in [1.165, 1.54) is 122 Å². The van der Waals surface area contributed by atoms with Gasteiger partial charge in [-0.2, -0.15) is 0 Å². The van der Waals surface area contributed by atoms with Gasteiger partial charge in [0.05, 0.1) is 18.8 Å². The van der Waals surface area contributed by atoms with Crippen LogP contribution in [0.2, 0.25) is 0 Å². The van der Waals surface area contributed by atoms with E-state index in [4.69, 9.17) is 0 Å². The Hall–Kier alpha value is -3.73. The molecule has 69 heavy (non-hydrogen) atoms. The van der Waals surface area contributed by atoms with Crippen molar-refractivity contribution in [2.24, 2.45) is 0 Å². The second-order valence-electron chi connectivity index (χ2n) is 18.6. The lowest BCUT2D eigenvalue weighted by Gasteiger charge is -2.19. The van der Waals surface area contributed by atoms with Gasteiger partial charge in [-0.25, -0.2) is 0 Å². The van der Waals surface area contributed by atoms with Crippen LogP contribution in [0, 0.1) is 0 Å². The van der Waals surface area contributed by atoms with Crippen molar-refractivity contribution in [2.45, 2.75) is 251 Å². The summed E-state index contributed by atoms with van der Waals surface area (Å²) in [6, 6.07) is -0.689. The van der Waals surface area contributed by atoms with Crippen molar-refractivity contribution in [1.82, 2.24) is 5.32 Å². The molecule has 0 aromatic heterocycles. The Kier molecular flexibility index (Phi) is 55.4. The van der Waals surface area contributed by atoms with Crippen LogP contribution in [0.5, 0.6) is 0 Å². The van der Waals surface area contributed by atoms with E-state index >= 15 is 0 Å². The first-order valence-corrected chi connectivity index (χ1v) is 28.5. The van der Waals surface area contributed by atoms with Gasteiger partial charge in [0.25, 0.3) is 0 Å². The summed E-state index contributed by atoms with van der Waals surface area (Å²) in [6.07, 6.45) is 93.0. The van der Waals surface area contributed by atoms with Crippen molar-refractivity contribution >= 4 is 5.91 Å². The summed E-state index contributed by atoms with van der Waals surface area (Å²) in [5.74, 6) is -0.141. The van der Waals surface area contributed by atoms with Crippen LogP contribution in [-0.2, 0) is 4.79 Å². The molecule has 1 amide bonds. The van der Waals surface area contributed by atoms with Gasteiger partial charge in [0.1, 0.15) is 0 Å². The quantitative estimate of drug-likeness (QED) is 0.0420. The molecule has 0 fully saturated rings. The third kappa shape index (κ3) is 55.1. The average Bonchev–Trinajstić information content (AvgIpc) is 3.35. The van der Waals surface area contributed by atoms with E-state index in [1.807, 2.05) is 6.08 Å². The van der Waals surface area contributed by atoms with Crippen LogP contribution >= 0.6 is 0 Å². The average molecular weight is 951 g/mol. The van der Waals surface area contributed by atoms with Crippen LogP contribution in [0.4, 0.5) is 0 Å². The Morgan fingerprint density at radius 3 is 1.01 bits per heavy atom. The van der Waals surface area contributed by atoms with Crippen molar-refractivity contribution in [3.05, 3.63) is 146 Å². The second-order valence-corrected chi connectivity index (χ2v) is 18.6. The highest BCUT2D eigenvalue weighted by atomic mass is 16.3. The molecule has 0 aliphatic heterocycles. The number of amides is 1. The lowest BCUT2D eigenvalue weighted by molar-refractivity contribution is -0.122. The fourth-order valence-corrected chi connectivity index (χ4v) is 7.74. The van der Waals surface area contributed by atoms with Crippen molar-refractivity contribution in [3.63, 3.8) is 0 Å². The highest BCUT2D eigenvalue weighted by Crippen LogP contribution is 2.15. The Balaban J connectivity index is 3.74. The van der Waals surface area contributed by atoms with E-state index in [9.17, 15) is 15.0 Å². The van der Waals surface area contributed by atoms with E-state index in [0.29, 0.717) is 6.42 Å². The molecular weight excluding hydrogens is 843 g/mol. The first-order chi connectivity index (χ1) is 34.2. The van der Waals surface area contributed by atoms with Gasteiger partial charge < -0.3 is 15.5 Å². The maximum atomic E-state index is 12.4. The summed E-state index contributed by atoms with van der Waals surface area (Å²) in [6.45, 7) is 4.16. The molecule has 0 aliphatic carbocycles. The number of unbranched alkanes of at least 4 members (excludes halogenated alkanes) is 21. The number of carbonyl (C=O) groups is 1. The second kappa shape index (κ2) is 58.6. The minimum atomic E-state index is -0.907. The zero-order chi connectivity index (χ0) is 49.9. The molecule has 4 nitrogen and oxygen atoms in total. The molecule has 0 aromatic carbocycles. The molecule has 390 valence electrons.